The first-order valence-corrected chi connectivity index (χ1v) is 11.2. The number of hydrogen-bond donors (Lipinski definition) is 1. The van der Waals surface area contributed by atoms with E-state index in [0.717, 1.165) is 17.4 Å². The molecule has 2 aromatic rings. The minimum Gasteiger partial charge on any atom is -0.324 e. The van der Waals surface area contributed by atoms with Gasteiger partial charge in [0.1, 0.15) is 5.82 Å². The van der Waals surface area contributed by atoms with Gasteiger partial charge in [-0.1, -0.05) is 73.1 Å². The number of nitrogens with one attached hydrogen (secondary N) is 1. The van der Waals surface area contributed by atoms with Gasteiger partial charge in [0.25, 0.3) is 0 Å². The second kappa shape index (κ2) is 10.3. The molecule has 0 aliphatic heterocycles. The number of allylic oxidation sites excluding steroid dienone is 1. The Morgan fingerprint density at radius 1 is 1.29 bits per heavy atom. The Labute approximate surface area is 179 Å². The van der Waals surface area contributed by atoms with Crippen LogP contribution in [0.4, 0.5) is 5.69 Å². The van der Waals surface area contributed by atoms with Crippen LogP contribution in [0, 0.1) is 5.92 Å². The number of amides is 1. The Bertz CT molecular complexity index is 834. The molecule has 1 aromatic carbocycles. The van der Waals surface area contributed by atoms with E-state index in [1.165, 1.54) is 43.9 Å². The van der Waals surface area contributed by atoms with Crippen LogP contribution in [0.1, 0.15) is 37.9 Å². The van der Waals surface area contributed by atoms with Crippen LogP contribution in [0.2, 0.25) is 10.0 Å². The molecule has 0 radical (unpaired) electrons. The first kappa shape index (κ1) is 21.2. The minimum atomic E-state index is -0.156. The summed E-state index contributed by atoms with van der Waals surface area (Å²) in [5, 5.41) is 13.2. The predicted octanol–water partition coefficient (Wildman–Crippen LogP) is 5.62. The fourth-order valence-corrected chi connectivity index (χ4v) is 4.67. The average Bonchev–Trinajstić information content (AvgIpc) is 3.05. The fourth-order valence-electron chi connectivity index (χ4n) is 3.45. The first-order chi connectivity index (χ1) is 13.6. The van der Waals surface area contributed by atoms with Crippen molar-refractivity contribution in [1.29, 1.82) is 0 Å². The molecule has 1 amide bonds. The molecule has 1 aliphatic carbocycles. The SMILES string of the molecule is C=CCn1c(CC2CCCCC2)nnc1SCC(=O)Nc1ccc(Cl)cc1Cl. The van der Waals surface area contributed by atoms with Crippen molar-refractivity contribution < 1.29 is 4.79 Å². The fraction of sp³-hybridized carbons (Fsp3) is 0.450. The van der Waals surface area contributed by atoms with Crippen molar-refractivity contribution in [2.45, 2.75) is 50.2 Å². The zero-order valence-electron chi connectivity index (χ0n) is 15.7. The first-order valence-electron chi connectivity index (χ1n) is 9.47. The summed E-state index contributed by atoms with van der Waals surface area (Å²) in [6.45, 7) is 4.48. The Morgan fingerprint density at radius 3 is 2.79 bits per heavy atom. The molecule has 0 spiro atoms. The van der Waals surface area contributed by atoms with E-state index in [1.807, 2.05) is 6.08 Å². The van der Waals surface area contributed by atoms with Gasteiger partial charge in [-0.3, -0.25) is 4.79 Å². The molecule has 1 aliphatic rings. The Kier molecular flexibility index (Phi) is 7.82. The molecule has 28 heavy (non-hydrogen) atoms. The van der Waals surface area contributed by atoms with Crippen LogP contribution in [-0.4, -0.2) is 26.4 Å². The van der Waals surface area contributed by atoms with Crippen molar-refractivity contribution in [3.8, 4) is 0 Å². The van der Waals surface area contributed by atoms with E-state index in [0.29, 0.717) is 28.2 Å². The van der Waals surface area contributed by atoms with Crippen LogP contribution in [0.5, 0.6) is 0 Å². The number of hydrogen-bond acceptors (Lipinski definition) is 4. The van der Waals surface area contributed by atoms with Crippen LogP contribution in [-0.2, 0) is 17.8 Å². The number of carbonyl (C=O) groups excluding carboxylic acids is 1. The molecule has 1 saturated carbocycles. The monoisotopic (exact) mass is 438 g/mol. The summed E-state index contributed by atoms with van der Waals surface area (Å²) in [5.41, 5.74) is 0.544. The number of benzene rings is 1. The molecule has 0 atom stereocenters. The maximum absolute atomic E-state index is 12.3. The number of anilines is 1. The number of rotatable bonds is 8. The second-order valence-electron chi connectivity index (χ2n) is 6.97. The van der Waals surface area contributed by atoms with Gasteiger partial charge in [-0.25, -0.2) is 0 Å². The summed E-state index contributed by atoms with van der Waals surface area (Å²) in [6.07, 6.45) is 9.23. The molecule has 1 N–H and O–H groups in total. The third-order valence-electron chi connectivity index (χ3n) is 4.84. The number of aromatic nitrogens is 3. The summed E-state index contributed by atoms with van der Waals surface area (Å²) in [5.74, 6) is 1.72. The van der Waals surface area contributed by atoms with Crippen molar-refractivity contribution in [2.24, 2.45) is 5.92 Å². The molecule has 3 rings (SSSR count). The van der Waals surface area contributed by atoms with Gasteiger partial charge in [0.2, 0.25) is 5.91 Å². The van der Waals surface area contributed by atoms with E-state index in [2.05, 4.69) is 26.7 Å². The summed E-state index contributed by atoms with van der Waals surface area (Å²) >= 11 is 13.4. The van der Waals surface area contributed by atoms with Crippen LogP contribution in [0.25, 0.3) is 0 Å². The molecule has 1 fully saturated rings. The maximum Gasteiger partial charge on any atom is 0.234 e. The van der Waals surface area contributed by atoms with Gasteiger partial charge < -0.3 is 9.88 Å². The van der Waals surface area contributed by atoms with Gasteiger partial charge in [-0.2, -0.15) is 0 Å². The van der Waals surface area contributed by atoms with Crippen LogP contribution >= 0.6 is 35.0 Å². The van der Waals surface area contributed by atoms with E-state index >= 15 is 0 Å². The van der Waals surface area contributed by atoms with Gasteiger partial charge in [0, 0.05) is 18.0 Å². The molecule has 1 aromatic heterocycles. The summed E-state index contributed by atoms with van der Waals surface area (Å²) < 4.78 is 2.06. The lowest BCUT2D eigenvalue weighted by Crippen LogP contribution is -2.16. The van der Waals surface area contributed by atoms with Gasteiger partial charge >= 0.3 is 0 Å². The number of halogens is 2. The normalized spacial score (nSPS) is 14.8. The predicted molar refractivity (Wildman–Crippen MR) is 116 cm³/mol. The molecule has 0 saturated heterocycles. The zero-order chi connectivity index (χ0) is 19.9. The lowest BCUT2D eigenvalue weighted by Gasteiger charge is -2.21. The molecule has 0 bridgehead atoms. The standard InChI is InChI=1S/C20H24Cl2N4OS/c1-2-10-26-18(11-14-6-4-3-5-7-14)24-25-20(26)28-13-19(27)23-17-9-8-15(21)12-16(17)22/h2,8-9,12,14H,1,3-7,10-11,13H2,(H,23,27). The molecule has 8 heteroatoms. The van der Waals surface area contributed by atoms with Crippen molar-refractivity contribution in [3.05, 3.63) is 46.7 Å². The lowest BCUT2D eigenvalue weighted by atomic mass is 9.87. The van der Waals surface area contributed by atoms with Crippen molar-refractivity contribution in [2.75, 3.05) is 11.1 Å². The summed E-state index contributed by atoms with van der Waals surface area (Å²) in [6, 6.07) is 4.98. The highest BCUT2D eigenvalue weighted by atomic mass is 35.5. The van der Waals surface area contributed by atoms with E-state index in [1.54, 1.807) is 18.2 Å². The highest BCUT2D eigenvalue weighted by Crippen LogP contribution is 2.28. The molecule has 1 heterocycles. The van der Waals surface area contributed by atoms with Crippen molar-refractivity contribution in [1.82, 2.24) is 14.8 Å². The average molecular weight is 439 g/mol. The van der Waals surface area contributed by atoms with E-state index < -0.39 is 0 Å². The Balaban J connectivity index is 1.61. The third-order valence-corrected chi connectivity index (χ3v) is 6.35. The second-order valence-corrected chi connectivity index (χ2v) is 8.75. The number of carbonyl (C=O) groups is 1. The summed E-state index contributed by atoms with van der Waals surface area (Å²) in [4.78, 5) is 12.3. The molecule has 0 unspecified atom stereocenters. The maximum atomic E-state index is 12.3. The van der Waals surface area contributed by atoms with Crippen LogP contribution < -0.4 is 5.32 Å². The highest BCUT2D eigenvalue weighted by Gasteiger charge is 2.19. The zero-order valence-corrected chi connectivity index (χ0v) is 18.0. The van der Waals surface area contributed by atoms with E-state index in [4.69, 9.17) is 23.2 Å². The quantitative estimate of drug-likeness (QED) is 0.428. The van der Waals surface area contributed by atoms with Gasteiger partial charge in [0.05, 0.1) is 16.5 Å². The molecule has 150 valence electrons. The lowest BCUT2D eigenvalue weighted by molar-refractivity contribution is -0.113. The smallest absolute Gasteiger partial charge is 0.234 e. The molecule has 5 nitrogen and oxygen atoms in total. The number of nitrogens with zero attached hydrogens (tertiary/aromatic N) is 3. The van der Waals surface area contributed by atoms with Crippen LogP contribution in [0.15, 0.2) is 36.0 Å². The number of thioether (sulfide) groups is 1. The topological polar surface area (TPSA) is 59.8 Å². The van der Waals surface area contributed by atoms with Gasteiger partial charge in [0.15, 0.2) is 5.16 Å². The van der Waals surface area contributed by atoms with Crippen molar-refractivity contribution in [3.63, 3.8) is 0 Å². The Morgan fingerprint density at radius 2 is 2.07 bits per heavy atom. The van der Waals surface area contributed by atoms with Gasteiger partial charge in [-0.05, 0) is 24.1 Å². The van der Waals surface area contributed by atoms with Crippen LogP contribution in [0.3, 0.4) is 0 Å². The third kappa shape index (κ3) is 5.75. The van der Waals surface area contributed by atoms with E-state index in [9.17, 15) is 4.79 Å². The minimum absolute atomic E-state index is 0.156. The van der Waals surface area contributed by atoms with Gasteiger partial charge in [-0.15, -0.1) is 16.8 Å². The molecular formula is C20H24Cl2N4OS. The highest BCUT2D eigenvalue weighted by molar-refractivity contribution is 7.99. The Hall–Kier alpha value is -1.50. The largest absolute Gasteiger partial charge is 0.324 e. The van der Waals surface area contributed by atoms with Crippen molar-refractivity contribution >= 4 is 46.6 Å². The molecular weight excluding hydrogens is 415 g/mol. The van der Waals surface area contributed by atoms with E-state index in [-0.39, 0.29) is 11.7 Å². The summed E-state index contributed by atoms with van der Waals surface area (Å²) in [7, 11) is 0.